The Balaban J connectivity index is 2.00. The largest absolute Gasteiger partial charge is 0.323 e. The fourth-order valence-electron chi connectivity index (χ4n) is 1.90. The zero-order valence-corrected chi connectivity index (χ0v) is 11.2. The number of amides is 1. The minimum Gasteiger partial charge on any atom is -0.323 e. The van der Waals surface area contributed by atoms with E-state index in [1.54, 1.807) is 12.4 Å². The van der Waals surface area contributed by atoms with Gasteiger partial charge in [0.25, 0.3) is 0 Å². The summed E-state index contributed by atoms with van der Waals surface area (Å²) >= 11 is 0. The van der Waals surface area contributed by atoms with Gasteiger partial charge in [0.05, 0.1) is 24.0 Å². The molecular weight excluding hydrogens is 228 g/mol. The molecule has 0 aromatic carbocycles. The Morgan fingerprint density at radius 1 is 1.39 bits per heavy atom. The Morgan fingerprint density at radius 3 is 2.56 bits per heavy atom. The van der Waals surface area contributed by atoms with Gasteiger partial charge < -0.3 is 10.6 Å². The zero-order valence-electron chi connectivity index (χ0n) is 11.2. The second-order valence-electron chi connectivity index (χ2n) is 5.72. The van der Waals surface area contributed by atoms with E-state index in [4.69, 9.17) is 0 Å². The van der Waals surface area contributed by atoms with E-state index in [2.05, 4.69) is 41.4 Å². The molecule has 98 valence electrons. The number of nitrogens with zero attached hydrogens (tertiary/aromatic N) is 2. The normalized spacial score (nSPS) is 19.8. The molecule has 1 aromatic rings. The number of aromatic nitrogens is 2. The average Bonchev–Trinajstić information content (AvgIpc) is 2.82. The molecule has 5 heteroatoms. The Bertz CT molecular complexity index is 416. The molecule has 2 heterocycles. The van der Waals surface area contributed by atoms with Crippen LogP contribution in [0.5, 0.6) is 0 Å². The number of carbonyl (C=O) groups excluding carboxylic acids is 1. The fraction of sp³-hybridized carbons (Fsp3) is 0.615. The summed E-state index contributed by atoms with van der Waals surface area (Å²) in [5.41, 5.74) is 0.595. The Hall–Kier alpha value is -1.49. The van der Waals surface area contributed by atoms with Crippen molar-refractivity contribution >= 4 is 11.6 Å². The third kappa shape index (κ3) is 3.04. The lowest BCUT2D eigenvalue weighted by Gasteiger charge is -2.16. The van der Waals surface area contributed by atoms with Gasteiger partial charge in [0, 0.05) is 12.0 Å². The Morgan fingerprint density at radius 2 is 2.06 bits per heavy atom. The van der Waals surface area contributed by atoms with Crippen molar-refractivity contribution in [3.8, 4) is 0 Å². The van der Waals surface area contributed by atoms with Crippen LogP contribution < -0.4 is 10.6 Å². The predicted octanol–water partition coefficient (Wildman–Crippen LogP) is 1.32. The summed E-state index contributed by atoms with van der Waals surface area (Å²) in [5.74, 6) is 0.891. The van der Waals surface area contributed by atoms with Crippen LogP contribution >= 0.6 is 0 Å². The fourth-order valence-corrected chi connectivity index (χ4v) is 1.90. The van der Waals surface area contributed by atoms with Crippen LogP contribution in [-0.4, -0.2) is 29.0 Å². The molecule has 0 spiro atoms. The van der Waals surface area contributed by atoms with E-state index in [-0.39, 0.29) is 17.2 Å². The zero-order chi connectivity index (χ0) is 13.2. The summed E-state index contributed by atoms with van der Waals surface area (Å²) in [6.07, 6.45) is 4.24. The maximum Gasteiger partial charge on any atom is 0.228 e. The van der Waals surface area contributed by atoms with Gasteiger partial charge in [0.1, 0.15) is 5.82 Å². The molecule has 1 saturated heterocycles. The quantitative estimate of drug-likeness (QED) is 0.828. The number of anilines is 1. The summed E-state index contributed by atoms with van der Waals surface area (Å²) in [7, 11) is 0. The molecule has 5 nitrogen and oxygen atoms in total. The standard InChI is InChI=1S/C13H20N4O/c1-13(2,3)12-15-7-10(8-16-12)17-11(18)9-4-5-14-6-9/h7-9,14H,4-6H2,1-3H3,(H,17,18). The van der Waals surface area contributed by atoms with Gasteiger partial charge in [0.2, 0.25) is 5.91 Å². The smallest absolute Gasteiger partial charge is 0.228 e. The van der Waals surface area contributed by atoms with Gasteiger partial charge in [-0.05, 0) is 13.0 Å². The molecule has 1 aliphatic heterocycles. The molecule has 0 aliphatic carbocycles. The molecule has 2 N–H and O–H groups in total. The topological polar surface area (TPSA) is 66.9 Å². The highest BCUT2D eigenvalue weighted by Gasteiger charge is 2.23. The first-order valence-corrected chi connectivity index (χ1v) is 6.31. The van der Waals surface area contributed by atoms with Crippen molar-refractivity contribution in [2.45, 2.75) is 32.6 Å². The van der Waals surface area contributed by atoms with Crippen molar-refractivity contribution in [3.05, 3.63) is 18.2 Å². The highest BCUT2D eigenvalue weighted by atomic mass is 16.1. The van der Waals surface area contributed by atoms with Crippen LogP contribution in [-0.2, 0) is 10.2 Å². The van der Waals surface area contributed by atoms with Crippen LogP contribution in [0.25, 0.3) is 0 Å². The van der Waals surface area contributed by atoms with Gasteiger partial charge in [-0.3, -0.25) is 4.79 Å². The Labute approximate surface area is 107 Å². The van der Waals surface area contributed by atoms with Crippen molar-refractivity contribution < 1.29 is 4.79 Å². The SMILES string of the molecule is CC(C)(C)c1ncc(NC(=O)C2CCNC2)cn1. The van der Waals surface area contributed by atoms with E-state index in [9.17, 15) is 4.79 Å². The highest BCUT2D eigenvalue weighted by molar-refractivity contribution is 5.92. The molecule has 1 fully saturated rings. The predicted molar refractivity (Wildman–Crippen MR) is 70.3 cm³/mol. The first kappa shape index (κ1) is 13.0. The van der Waals surface area contributed by atoms with Crippen molar-refractivity contribution in [1.29, 1.82) is 0 Å². The second-order valence-corrected chi connectivity index (χ2v) is 5.72. The van der Waals surface area contributed by atoms with Gasteiger partial charge in [-0.1, -0.05) is 20.8 Å². The van der Waals surface area contributed by atoms with E-state index in [1.807, 2.05) is 0 Å². The molecule has 1 amide bonds. The van der Waals surface area contributed by atoms with Gasteiger partial charge >= 0.3 is 0 Å². The molecule has 18 heavy (non-hydrogen) atoms. The number of hydrogen-bond donors (Lipinski definition) is 2. The van der Waals surface area contributed by atoms with Gasteiger partial charge in [0.15, 0.2) is 0 Å². The summed E-state index contributed by atoms with van der Waals surface area (Å²) in [5, 5.41) is 6.03. The minimum atomic E-state index is -0.0715. The van der Waals surface area contributed by atoms with Gasteiger partial charge in [-0.2, -0.15) is 0 Å². The number of nitrogens with one attached hydrogen (secondary N) is 2. The minimum absolute atomic E-state index is 0.0482. The molecule has 2 rings (SSSR count). The number of carbonyl (C=O) groups is 1. The lowest BCUT2D eigenvalue weighted by Crippen LogP contribution is -2.25. The molecular formula is C13H20N4O. The first-order valence-electron chi connectivity index (χ1n) is 6.31. The van der Waals surface area contributed by atoms with Crippen LogP contribution in [0.1, 0.15) is 33.0 Å². The van der Waals surface area contributed by atoms with Crippen LogP contribution in [0.2, 0.25) is 0 Å². The molecule has 1 atom stereocenters. The van der Waals surface area contributed by atoms with Crippen LogP contribution in [0.3, 0.4) is 0 Å². The third-order valence-corrected chi connectivity index (χ3v) is 3.02. The van der Waals surface area contributed by atoms with Crippen LogP contribution in [0, 0.1) is 5.92 Å². The molecule has 0 bridgehead atoms. The summed E-state index contributed by atoms with van der Waals surface area (Å²) < 4.78 is 0. The monoisotopic (exact) mass is 248 g/mol. The molecule has 1 aromatic heterocycles. The maximum atomic E-state index is 11.9. The summed E-state index contributed by atoms with van der Waals surface area (Å²) in [6, 6.07) is 0. The first-order chi connectivity index (χ1) is 8.47. The molecule has 1 unspecified atom stereocenters. The summed E-state index contributed by atoms with van der Waals surface area (Å²) in [4.78, 5) is 20.5. The van der Waals surface area contributed by atoms with Crippen LogP contribution in [0.4, 0.5) is 5.69 Å². The van der Waals surface area contributed by atoms with Gasteiger partial charge in [-0.15, -0.1) is 0 Å². The number of hydrogen-bond acceptors (Lipinski definition) is 4. The van der Waals surface area contributed by atoms with Crippen LogP contribution in [0.15, 0.2) is 12.4 Å². The van der Waals surface area contributed by atoms with E-state index in [0.29, 0.717) is 5.69 Å². The van der Waals surface area contributed by atoms with Crippen molar-refractivity contribution in [2.75, 3.05) is 18.4 Å². The molecule has 0 radical (unpaired) electrons. The van der Waals surface area contributed by atoms with E-state index in [1.165, 1.54) is 0 Å². The molecule has 1 aliphatic rings. The van der Waals surface area contributed by atoms with Crippen molar-refractivity contribution in [1.82, 2.24) is 15.3 Å². The average molecular weight is 248 g/mol. The highest BCUT2D eigenvalue weighted by Crippen LogP contribution is 2.18. The van der Waals surface area contributed by atoms with E-state index < -0.39 is 0 Å². The molecule has 0 saturated carbocycles. The summed E-state index contributed by atoms with van der Waals surface area (Å²) in [6.45, 7) is 7.85. The number of rotatable bonds is 2. The van der Waals surface area contributed by atoms with E-state index in [0.717, 1.165) is 25.3 Å². The Kier molecular flexibility index (Phi) is 3.61. The van der Waals surface area contributed by atoms with E-state index >= 15 is 0 Å². The maximum absolute atomic E-state index is 11.9. The van der Waals surface area contributed by atoms with Gasteiger partial charge in [-0.25, -0.2) is 9.97 Å². The second kappa shape index (κ2) is 5.02. The van der Waals surface area contributed by atoms with Crippen molar-refractivity contribution in [3.63, 3.8) is 0 Å². The third-order valence-electron chi connectivity index (χ3n) is 3.02. The lowest BCUT2D eigenvalue weighted by atomic mass is 9.96. The lowest BCUT2D eigenvalue weighted by molar-refractivity contribution is -0.119. The van der Waals surface area contributed by atoms with Crippen molar-refractivity contribution in [2.24, 2.45) is 5.92 Å².